The smallest absolute Gasteiger partial charge is 0.303 e. The number of carbonyl (C=O) groups is 1. The van der Waals surface area contributed by atoms with Gasteiger partial charge in [0.15, 0.2) is 0 Å². The molecule has 1 heterocycles. The summed E-state index contributed by atoms with van der Waals surface area (Å²) in [5.74, 6) is 0.505. The summed E-state index contributed by atoms with van der Waals surface area (Å²) in [6, 6.07) is 3.94. The topological polar surface area (TPSA) is 90.2 Å². The van der Waals surface area contributed by atoms with Crippen molar-refractivity contribution < 1.29 is 24.9 Å². The average molecular weight is 474 g/mol. The van der Waals surface area contributed by atoms with Crippen molar-refractivity contribution in [3.8, 4) is 11.5 Å². The van der Waals surface area contributed by atoms with Crippen molar-refractivity contribution in [1.29, 1.82) is 0 Å². The van der Waals surface area contributed by atoms with Gasteiger partial charge >= 0.3 is 5.97 Å². The van der Waals surface area contributed by atoms with Crippen LogP contribution in [0.1, 0.15) is 90.2 Å². The van der Waals surface area contributed by atoms with Gasteiger partial charge in [0, 0.05) is 25.1 Å². The Bertz CT molecular complexity index is 886. The molecular weight excluding hydrogens is 430 g/mol. The number of β-amino-alcohol motifs (C(OH)–C–C–N with tert-alkyl or cyclic N) is 1. The molecule has 1 aromatic carbocycles. The van der Waals surface area contributed by atoms with E-state index in [2.05, 4.69) is 37.8 Å². The van der Waals surface area contributed by atoms with E-state index in [4.69, 9.17) is 9.84 Å². The molecule has 0 aromatic heterocycles. The molecule has 2 aliphatic rings. The molecule has 3 N–H and O–H groups in total. The number of carboxylic acids is 1. The lowest BCUT2D eigenvalue weighted by molar-refractivity contribution is -0.138. The van der Waals surface area contributed by atoms with E-state index in [0.29, 0.717) is 13.0 Å². The predicted molar refractivity (Wildman–Crippen MR) is 135 cm³/mol. The van der Waals surface area contributed by atoms with E-state index in [1.165, 1.54) is 0 Å². The Morgan fingerprint density at radius 2 is 1.97 bits per heavy atom. The summed E-state index contributed by atoms with van der Waals surface area (Å²) in [6.07, 6.45) is 6.08. The number of nitrogens with zero attached hydrogens (tertiary/aromatic N) is 1. The number of piperidine rings is 1. The SMILES string of the molecule is CC(C)Oc1cc(C(C)(C)C)cc(O)c1[C@H]1CCC=C(C(O)CN2CCC[C@H](CC(=O)O)C2)C1. The molecule has 1 fully saturated rings. The van der Waals surface area contributed by atoms with Crippen molar-refractivity contribution in [1.82, 2.24) is 4.90 Å². The van der Waals surface area contributed by atoms with E-state index in [9.17, 15) is 15.0 Å². The third-order valence-corrected chi connectivity index (χ3v) is 7.09. The number of aliphatic hydroxyl groups excluding tert-OH is 1. The second kappa shape index (κ2) is 11.1. The fourth-order valence-electron chi connectivity index (χ4n) is 5.36. The van der Waals surface area contributed by atoms with E-state index in [0.717, 1.165) is 61.2 Å². The summed E-state index contributed by atoms with van der Waals surface area (Å²) in [5, 5.41) is 31.3. The molecule has 3 atom stereocenters. The van der Waals surface area contributed by atoms with Crippen LogP contribution in [0.15, 0.2) is 23.8 Å². The number of phenolic OH excluding ortho intramolecular Hbond substituents is 1. The maximum Gasteiger partial charge on any atom is 0.303 e. The Balaban J connectivity index is 1.74. The van der Waals surface area contributed by atoms with Crippen molar-refractivity contribution in [2.24, 2.45) is 5.92 Å². The Hall–Kier alpha value is -2.05. The van der Waals surface area contributed by atoms with Crippen LogP contribution in [0.2, 0.25) is 0 Å². The zero-order valence-corrected chi connectivity index (χ0v) is 21.5. The number of hydrogen-bond donors (Lipinski definition) is 3. The highest BCUT2D eigenvalue weighted by molar-refractivity contribution is 5.67. The second-order valence-corrected chi connectivity index (χ2v) is 11.5. The van der Waals surface area contributed by atoms with Crippen LogP contribution in [0.25, 0.3) is 0 Å². The highest BCUT2D eigenvalue weighted by Gasteiger charge is 2.30. The first-order valence-corrected chi connectivity index (χ1v) is 12.8. The highest BCUT2D eigenvalue weighted by atomic mass is 16.5. The summed E-state index contributed by atoms with van der Waals surface area (Å²) in [5.41, 5.74) is 2.79. The number of carboxylic acid groups (broad SMARTS) is 1. The number of aliphatic carboxylic acids is 1. The van der Waals surface area contributed by atoms with E-state index in [1.807, 2.05) is 19.9 Å². The summed E-state index contributed by atoms with van der Waals surface area (Å²) < 4.78 is 6.18. The zero-order chi connectivity index (χ0) is 25.0. The summed E-state index contributed by atoms with van der Waals surface area (Å²) >= 11 is 0. The number of allylic oxidation sites excluding steroid dienone is 1. The van der Waals surface area contributed by atoms with Gasteiger partial charge in [-0.15, -0.1) is 0 Å². The molecule has 0 spiro atoms. The number of ether oxygens (including phenoxy) is 1. The fourth-order valence-corrected chi connectivity index (χ4v) is 5.36. The summed E-state index contributed by atoms with van der Waals surface area (Å²) in [6.45, 7) is 12.5. The molecule has 0 amide bonds. The third-order valence-electron chi connectivity index (χ3n) is 7.09. The maximum atomic E-state index is 11.1. The van der Waals surface area contributed by atoms with Crippen LogP contribution in [-0.4, -0.2) is 58.0 Å². The number of phenols is 1. The number of aliphatic hydroxyl groups is 1. The van der Waals surface area contributed by atoms with Crippen molar-refractivity contribution in [2.75, 3.05) is 19.6 Å². The van der Waals surface area contributed by atoms with Gasteiger partial charge in [0.1, 0.15) is 11.5 Å². The van der Waals surface area contributed by atoms with Crippen molar-refractivity contribution in [2.45, 2.75) is 96.7 Å². The van der Waals surface area contributed by atoms with Crippen molar-refractivity contribution in [3.05, 3.63) is 34.9 Å². The summed E-state index contributed by atoms with van der Waals surface area (Å²) in [4.78, 5) is 13.3. The van der Waals surface area contributed by atoms with Crippen molar-refractivity contribution in [3.63, 3.8) is 0 Å². The summed E-state index contributed by atoms with van der Waals surface area (Å²) in [7, 11) is 0. The number of likely N-dealkylation sites (tertiary alicyclic amines) is 1. The quantitative estimate of drug-likeness (QED) is 0.449. The molecule has 6 nitrogen and oxygen atoms in total. The predicted octanol–water partition coefficient (Wildman–Crippen LogP) is 5.22. The largest absolute Gasteiger partial charge is 0.508 e. The first-order valence-electron chi connectivity index (χ1n) is 12.8. The van der Waals surface area contributed by atoms with Crippen LogP contribution < -0.4 is 4.74 Å². The molecule has 0 bridgehead atoms. The average Bonchev–Trinajstić information content (AvgIpc) is 2.72. The van der Waals surface area contributed by atoms with Gasteiger partial charge in [-0.2, -0.15) is 0 Å². The molecule has 1 unspecified atom stereocenters. The minimum absolute atomic E-state index is 0.00425. The lowest BCUT2D eigenvalue weighted by Crippen LogP contribution is -2.41. The lowest BCUT2D eigenvalue weighted by Gasteiger charge is -2.35. The Labute approximate surface area is 204 Å². The molecule has 0 saturated carbocycles. The van der Waals surface area contributed by atoms with Crippen LogP contribution in [0.5, 0.6) is 11.5 Å². The lowest BCUT2D eigenvalue weighted by atomic mass is 9.79. The standard InChI is InChI=1S/C28H43NO5/c1-18(2)34-25-15-22(28(3,4)5)14-23(30)27(25)21-10-6-9-20(13-21)24(31)17-29-11-7-8-19(16-29)12-26(32)33/h9,14-15,18-19,21,24,30-31H,6-8,10-13,16-17H2,1-5H3,(H,32,33)/t19-,21+,24?/m1/s1. The van der Waals surface area contributed by atoms with Gasteiger partial charge in [0.2, 0.25) is 0 Å². The first kappa shape index (κ1) is 26.6. The van der Waals surface area contributed by atoms with E-state index < -0.39 is 12.1 Å². The minimum atomic E-state index is -0.748. The van der Waals surface area contributed by atoms with Crippen LogP contribution in [0.3, 0.4) is 0 Å². The Morgan fingerprint density at radius 3 is 2.62 bits per heavy atom. The molecule has 1 saturated heterocycles. The highest BCUT2D eigenvalue weighted by Crippen LogP contribution is 2.45. The van der Waals surface area contributed by atoms with Gasteiger partial charge in [-0.1, -0.05) is 26.8 Å². The van der Waals surface area contributed by atoms with Crippen LogP contribution in [0.4, 0.5) is 0 Å². The molecule has 6 heteroatoms. The number of aromatic hydroxyl groups is 1. The third kappa shape index (κ3) is 6.98. The molecule has 190 valence electrons. The molecular formula is C28H43NO5. The van der Waals surface area contributed by atoms with E-state index in [-0.39, 0.29) is 35.5 Å². The Morgan fingerprint density at radius 1 is 1.24 bits per heavy atom. The van der Waals surface area contributed by atoms with Crippen LogP contribution in [-0.2, 0) is 10.2 Å². The van der Waals surface area contributed by atoms with Gasteiger partial charge in [-0.05, 0) is 93.0 Å². The number of hydrogen-bond acceptors (Lipinski definition) is 5. The van der Waals surface area contributed by atoms with Gasteiger partial charge in [-0.3, -0.25) is 4.79 Å². The Kier molecular flexibility index (Phi) is 8.69. The van der Waals surface area contributed by atoms with Gasteiger partial charge in [0.05, 0.1) is 12.2 Å². The molecule has 0 radical (unpaired) electrons. The zero-order valence-electron chi connectivity index (χ0n) is 21.5. The van der Waals surface area contributed by atoms with Gasteiger partial charge in [-0.25, -0.2) is 0 Å². The minimum Gasteiger partial charge on any atom is -0.508 e. The van der Waals surface area contributed by atoms with Crippen LogP contribution in [0, 0.1) is 5.92 Å². The molecule has 3 rings (SSSR count). The molecule has 1 aromatic rings. The van der Waals surface area contributed by atoms with Gasteiger partial charge < -0.3 is 25.0 Å². The fraction of sp³-hybridized carbons (Fsp3) is 0.679. The number of rotatable bonds is 8. The normalized spacial score (nSPS) is 23.0. The maximum absolute atomic E-state index is 11.1. The first-order chi connectivity index (χ1) is 15.9. The molecule has 34 heavy (non-hydrogen) atoms. The molecule has 1 aliphatic heterocycles. The number of benzene rings is 1. The van der Waals surface area contributed by atoms with E-state index >= 15 is 0 Å². The van der Waals surface area contributed by atoms with Gasteiger partial charge in [0.25, 0.3) is 0 Å². The second-order valence-electron chi connectivity index (χ2n) is 11.5. The van der Waals surface area contributed by atoms with Crippen LogP contribution >= 0.6 is 0 Å². The monoisotopic (exact) mass is 473 g/mol. The van der Waals surface area contributed by atoms with Crippen molar-refractivity contribution >= 4 is 5.97 Å². The molecule has 1 aliphatic carbocycles. The van der Waals surface area contributed by atoms with E-state index in [1.54, 1.807) is 0 Å².